The van der Waals surface area contributed by atoms with Crippen LogP contribution in [0.1, 0.15) is 78.2 Å². The van der Waals surface area contributed by atoms with Crippen LogP contribution in [0.5, 0.6) is 0 Å². The molecule has 3 rings (SSSR count). The summed E-state index contributed by atoms with van der Waals surface area (Å²) >= 11 is 0. The molecule has 0 N–H and O–H groups in total. The number of nitrogens with zero attached hydrogens (tertiary/aromatic N) is 1. The number of amides is 1. The third kappa shape index (κ3) is 3.57. The first-order valence-corrected chi connectivity index (χ1v) is 10.6. The average molecular weight is 356 g/mol. The van der Waals surface area contributed by atoms with E-state index in [1.807, 2.05) is 0 Å². The Kier molecular flexibility index (Phi) is 5.51. The zero-order valence-corrected chi connectivity index (χ0v) is 17.4. The van der Waals surface area contributed by atoms with Crippen LogP contribution in [0.25, 0.3) is 0 Å². The maximum absolute atomic E-state index is 13.1. The molecule has 1 amide bonds. The van der Waals surface area contributed by atoms with Crippen LogP contribution >= 0.6 is 0 Å². The van der Waals surface area contributed by atoms with Crippen LogP contribution in [0.2, 0.25) is 0 Å². The van der Waals surface area contributed by atoms with Crippen LogP contribution in [-0.4, -0.2) is 23.9 Å². The Balaban J connectivity index is 1.61. The molecule has 0 bridgehead atoms. The molecule has 2 aliphatic rings. The lowest BCUT2D eigenvalue weighted by Gasteiger charge is -2.52. The van der Waals surface area contributed by atoms with E-state index in [-0.39, 0.29) is 5.92 Å². The summed E-state index contributed by atoms with van der Waals surface area (Å²) in [5, 5.41) is 0. The Labute approximate surface area is 160 Å². The van der Waals surface area contributed by atoms with Gasteiger partial charge in [0, 0.05) is 24.9 Å². The van der Waals surface area contributed by atoms with Crippen molar-refractivity contribution in [3.8, 4) is 0 Å². The Morgan fingerprint density at radius 1 is 1.08 bits per heavy atom. The summed E-state index contributed by atoms with van der Waals surface area (Å²) in [7, 11) is 0. The number of rotatable bonds is 3. The van der Waals surface area contributed by atoms with Crippen molar-refractivity contribution in [3.63, 3.8) is 0 Å². The van der Waals surface area contributed by atoms with Crippen molar-refractivity contribution in [2.75, 3.05) is 13.1 Å². The van der Waals surface area contributed by atoms with Gasteiger partial charge >= 0.3 is 0 Å². The van der Waals surface area contributed by atoms with Gasteiger partial charge in [0.05, 0.1) is 0 Å². The van der Waals surface area contributed by atoms with Crippen LogP contribution < -0.4 is 0 Å². The predicted molar refractivity (Wildman–Crippen MR) is 109 cm³/mol. The summed E-state index contributed by atoms with van der Waals surface area (Å²) in [6, 6.07) is 10.7. The van der Waals surface area contributed by atoms with Gasteiger partial charge in [-0.1, -0.05) is 65.0 Å². The highest BCUT2D eigenvalue weighted by molar-refractivity contribution is 5.79. The number of benzene rings is 1. The lowest BCUT2D eigenvalue weighted by atomic mass is 9.53. The molecule has 0 radical (unpaired) electrons. The highest BCUT2D eigenvalue weighted by Gasteiger charge is 2.47. The van der Waals surface area contributed by atoms with E-state index in [0.29, 0.717) is 28.6 Å². The summed E-state index contributed by atoms with van der Waals surface area (Å²) in [6.07, 6.45) is 5.64. The van der Waals surface area contributed by atoms with Crippen LogP contribution in [0.4, 0.5) is 0 Å². The third-order valence-electron chi connectivity index (χ3n) is 7.60. The van der Waals surface area contributed by atoms with Crippen molar-refractivity contribution in [2.45, 2.75) is 72.6 Å². The second kappa shape index (κ2) is 7.37. The molecular formula is C24H37NO. The van der Waals surface area contributed by atoms with Crippen LogP contribution in [0.15, 0.2) is 30.3 Å². The van der Waals surface area contributed by atoms with Gasteiger partial charge in [0.15, 0.2) is 0 Å². The molecule has 1 atom stereocenters. The topological polar surface area (TPSA) is 20.3 Å². The fourth-order valence-corrected chi connectivity index (χ4v) is 5.79. The first-order chi connectivity index (χ1) is 12.2. The van der Waals surface area contributed by atoms with E-state index in [1.54, 1.807) is 0 Å². The first-order valence-electron chi connectivity index (χ1n) is 10.6. The van der Waals surface area contributed by atoms with Gasteiger partial charge < -0.3 is 4.90 Å². The zero-order valence-electron chi connectivity index (χ0n) is 17.4. The van der Waals surface area contributed by atoms with Gasteiger partial charge in [-0.2, -0.15) is 0 Å². The monoisotopic (exact) mass is 355 g/mol. The largest absolute Gasteiger partial charge is 0.342 e. The van der Waals surface area contributed by atoms with Crippen molar-refractivity contribution in [3.05, 3.63) is 35.9 Å². The molecule has 1 aromatic carbocycles. The molecule has 144 valence electrons. The fourth-order valence-electron chi connectivity index (χ4n) is 5.79. The molecule has 1 saturated heterocycles. The molecular weight excluding hydrogens is 318 g/mol. The lowest BCUT2D eigenvalue weighted by molar-refractivity contribution is -0.138. The number of carbonyl (C=O) groups is 1. The highest BCUT2D eigenvalue weighted by atomic mass is 16.2. The quantitative estimate of drug-likeness (QED) is 0.663. The van der Waals surface area contributed by atoms with E-state index in [0.717, 1.165) is 32.4 Å². The normalized spacial score (nSPS) is 30.0. The maximum atomic E-state index is 13.1. The Morgan fingerprint density at radius 3 is 2.23 bits per heavy atom. The Bertz CT molecular complexity index is 605. The molecule has 1 saturated carbocycles. The molecule has 2 nitrogen and oxygen atoms in total. The smallest absolute Gasteiger partial charge is 0.225 e. The molecule has 2 fully saturated rings. The molecule has 2 heteroatoms. The van der Waals surface area contributed by atoms with Crippen molar-refractivity contribution in [2.24, 2.45) is 22.7 Å². The average Bonchev–Trinajstić information content (AvgIpc) is 3.11. The minimum Gasteiger partial charge on any atom is -0.342 e. The van der Waals surface area contributed by atoms with Gasteiger partial charge in [-0.15, -0.1) is 0 Å². The van der Waals surface area contributed by atoms with E-state index < -0.39 is 0 Å². The number of carbonyl (C=O) groups excluding carboxylic acids is 1. The van der Waals surface area contributed by atoms with Crippen LogP contribution in [0, 0.1) is 22.7 Å². The van der Waals surface area contributed by atoms with Crippen molar-refractivity contribution >= 4 is 5.91 Å². The van der Waals surface area contributed by atoms with E-state index in [9.17, 15) is 4.79 Å². The summed E-state index contributed by atoms with van der Waals surface area (Å²) in [5.74, 6) is 1.87. The molecule has 1 aliphatic heterocycles. The van der Waals surface area contributed by atoms with Gasteiger partial charge in [0.25, 0.3) is 0 Å². The van der Waals surface area contributed by atoms with Crippen molar-refractivity contribution in [1.29, 1.82) is 0 Å². The second-order valence-electron chi connectivity index (χ2n) is 10.0. The first kappa shape index (κ1) is 19.5. The Hall–Kier alpha value is -1.31. The fraction of sp³-hybridized carbons (Fsp3) is 0.708. The number of hydrogen-bond donors (Lipinski definition) is 0. The second-order valence-corrected chi connectivity index (χ2v) is 10.0. The summed E-state index contributed by atoms with van der Waals surface area (Å²) in [4.78, 5) is 15.3. The predicted octanol–water partition coefficient (Wildman–Crippen LogP) is 5.88. The molecule has 26 heavy (non-hydrogen) atoms. The van der Waals surface area contributed by atoms with Gasteiger partial charge in [-0.3, -0.25) is 4.79 Å². The minimum atomic E-state index is 0.249. The third-order valence-corrected chi connectivity index (χ3v) is 7.60. The van der Waals surface area contributed by atoms with Gasteiger partial charge in [-0.05, 0) is 54.4 Å². The summed E-state index contributed by atoms with van der Waals surface area (Å²) < 4.78 is 0. The van der Waals surface area contributed by atoms with Crippen LogP contribution in [-0.2, 0) is 4.79 Å². The summed E-state index contributed by atoms with van der Waals surface area (Å²) in [6.45, 7) is 13.8. The van der Waals surface area contributed by atoms with E-state index in [2.05, 4.69) is 69.9 Å². The molecule has 1 aliphatic carbocycles. The summed E-state index contributed by atoms with van der Waals surface area (Å²) in [5.41, 5.74) is 2.07. The van der Waals surface area contributed by atoms with Crippen LogP contribution in [0.3, 0.4) is 0 Å². The molecule has 1 aromatic rings. The SMILES string of the molecule is CC(C)C1(C(C)(C)C)CCC(C(=O)N2CCC(c3ccccc3)C2)CC1. The molecule has 0 aromatic heterocycles. The van der Waals surface area contributed by atoms with E-state index in [4.69, 9.17) is 0 Å². The van der Waals surface area contributed by atoms with Crippen molar-refractivity contribution in [1.82, 2.24) is 4.90 Å². The van der Waals surface area contributed by atoms with Gasteiger partial charge in [0.1, 0.15) is 0 Å². The molecule has 1 heterocycles. The molecule has 1 unspecified atom stereocenters. The standard InChI is InChI=1S/C24H37NO/c1-18(2)24(23(3,4)5)14-11-20(12-15-24)22(26)25-16-13-21(17-25)19-9-7-6-8-10-19/h6-10,18,20-21H,11-17H2,1-5H3. The van der Waals surface area contributed by atoms with Gasteiger partial charge in [-0.25, -0.2) is 0 Å². The number of hydrogen-bond acceptors (Lipinski definition) is 1. The molecule has 0 spiro atoms. The highest BCUT2D eigenvalue weighted by Crippen LogP contribution is 2.55. The number of likely N-dealkylation sites (tertiary alicyclic amines) is 1. The van der Waals surface area contributed by atoms with E-state index >= 15 is 0 Å². The maximum Gasteiger partial charge on any atom is 0.225 e. The lowest BCUT2D eigenvalue weighted by Crippen LogP contribution is -2.46. The van der Waals surface area contributed by atoms with Gasteiger partial charge in [0.2, 0.25) is 5.91 Å². The minimum absolute atomic E-state index is 0.249. The Morgan fingerprint density at radius 2 is 1.69 bits per heavy atom. The van der Waals surface area contributed by atoms with Crippen molar-refractivity contribution < 1.29 is 4.79 Å². The zero-order chi connectivity index (χ0) is 18.9. The van der Waals surface area contributed by atoms with E-state index in [1.165, 1.54) is 18.4 Å².